The molecule has 0 aromatic heterocycles. The van der Waals surface area contributed by atoms with Gasteiger partial charge in [0.15, 0.2) is 0 Å². The molecule has 0 saturated heterocycles. The van der Waals surface area contributed by atoms with Crippen molar-refractivity contribution in [2.45, 2.75) is 12.3 Å². The third-order valence-electron chi connectivity index (χ3n) is 3.09. The first-order valence-electron chi connectivity index (χ1n) is 7.90. The maximum Gasteiger partial charge on any atom is 0.147 e. The zero-order valence-electron chi connectivity index (χ0n) is 14.8. The molecule has 138 valence electrons. The van der Waals surface area contributed by atoms with Gasteiger partial charge in [-0.1, -0.05) is 41.9 Å². The second-order valence-corrected chi connectivity index (χ2v) is 6.41. The predicted molar refractivity (Wildman–Crippen MR) is 116 cm³/mol. The number of halogens is 1. The van der Waals surface area contributed by atoms with Crippen LogP contribution in [0.1, 0.15) is 11.1 Å². The zero-order valence-corrected chi connectivity index (χ0v) is 16.4. The summed E-state index contributed by atoms with van der Waals surface area (Å²) in [6, 6.07) is 8.31. The van der Waals surface area contributed by atoms with Crippen molar-refractivity contribution in [2.75, 3.05) is 12.8 Å². The van der Waals surface area contributed by atoms with Crippen LogP contribution < -0.4 is 10.6 Å². The van der Waals surface area contributed by atoms with E-state index in [1.165, 1.54) is 11.8 Å². The van der Waals surface area contributed by atoms with Gasteiger partial charge in [-0.15, -0.1) is 6.58 Å². The van der Waals surface area contributed by atoms with E-state index in [0.29, 0.717) is 29.7 Å². The normalized spacial score (nSPS) is 12.5. The van der Waals surface area contributed by atoms with Crippen LogP contribution in [0, 0.1) is 5.41 Å². The van der Waals surface area contributed by atoms with Gasteiger partial charge < -0.3 is 16.0 Å². The molecule has 0 bridgehead atoms. The van der Waals surface area contributed by atoms with Crippen molar-refractivity contribution in [3.05, 3.63) is 71.2 Å². The fourth-order valence-corrected chi connectivity index (χ4v) is 2.67. The molecule has 7 heteroatoms. The topological polar surface area (TPSA) is 72.6 Å². The molecule has 1 rings (SSSR count). The Hall–Kier alpha value is -2.31. The quantitative estimate of drug-likeness (QED) is 0.231. The van der Waals surface area contributed by atoms with E-state index in [-0.39, 0.29) is 0 Å². The number of nitrogens with one attached hydrogen (secondary N) is 3. The number of aliphatic imine (C=N–C) groups is 2. The average molecular weight is 390 g/mol. The van der Waals surface area contributed by atoms with Gasteiger partial charge in [-0.3, -0.25) is 4.99 Å². The van der Waals surface area contributed by atoms with Crippen LogP contribution in [-0.2, 0) is 12.3 Å². The molecule has 0 atom stereocenters. The Labute approximate surface area is 164 Å². The number of hydrogen-bond donors (Lipinski definition) is 3. The molecular weight excluding hydrogens is 366 g/mol. The van der Waals surface area contributed by atoms with E-state index in [0.717, 1.165) is 17.5 Å². The van der Waals surface area contributed by atoms with Crippen LogP contribution in [0.5, 0.6) is 0 Å². The lowest BCUT2D eigenvalue weighted by Gasteiger charge is -2.10. The van der Waals surface area contributed by atoms with Crippen molar-refractivity contribution >= 4 is 42.1 Å². The van der Waals surface area contributed by atoms with Gasteiger partial charge in [-0.2, -0.15) is 11.8 Å². The first-order chi connectivity index (χ1) is 12.6. The number of hydrogen-bond acceptors (Lipinski definition) is 5. The summed E-state index contributed by atoms with van der Waals surface area (Å²) in [5, 5.41) is 14.0. The minimum absolute atomic E-state index is 0.316. The van der Waals surface area contributed by atoms with Gasteiger partial charge in [-0.05, 0) is 24.1 Å². The van der Waals surface area contributed by atoms with E-state index in [4.69, 9.17) is 17.0 Å². The lowest BCUT2D eigenvalue weighted by Crippen LogP contribution is -2.24. The Kier molecular flexibility index (Phi) is 10.8. The summed E-state index contributed by atoms with van der Waals surface area (Å²) < 4.78 is 0. The van der Waals surface area contributed by atoms with Crippen LogP contribution in [0.15, 0.2) is 70.0 Å². The lowest BCUT2D eigenvalue weighted by molar-refractivity contribution is 0.910. The summed E-state index contributed by atoms with van der Waals surface area (Å²) in [5.74, 6) is 1.38. The maximum absolute atomic E-state index is 7.51. The molecule has 0 aliphatic heterocycles. The summed E-state index contributed by atoms with van der Waals surface area (Å²) in [6.45, 7) is 8.17. The third kappa shape index (κ3) is 8.18. The van der Waals surface area contributed by atoms with E-state index < -0.39 is 0 Å². The van der Waals surface area contributed by atoms with Crippen LogP contribution in [0.2, 0.25) is 0 Å². The SMILES string of the molecule is C=CCN/C=C(C=N)/N=C(NCc1cccc(CSC)c1)\C(Cl)=C/N=C. The number of nitrogens with zero attached hydrogens (tertiary/aromatic N) is 2. The lowest BCUT2D eigenvalue weighted by atomic mass is 10.1. The molecule has 0 radical (unpaired) electrons. The largest absolute Gasteiger partial charge is 0.386 e. The molecule has 0 aliphatic carbocycles. The van der Waals surface area contributed by atoms with Gasteiger partial charge >= 0.3 is 0 Å². The van der Waals surface area contributed by atoms with Crippen LogP contribution in [0.25, 0.3) is 0 Å². The van der Waals surface area contributed by atoms with Crippen molar-refractivity contribution < 1.29 is 0 Å². The number of allylic oxidation sites excluding steroid dienone is 1. The molecule has 1 aromatic carbocycles. The van der Waals surface area contributed by atoms with Crippen molar-refractivity contribution in [1.29, 1.82) is 5.41 Å². The summed E-state index contributed by atoms with van der Waals surface area (Å²) in [6.07, 6.45) is 7.98. The van der Waals surface area contributed by atoms with Gasteiger partial charge in [0, 0.05) is 37.5 Å². The van der Waals surface area contributed by atoms with E-state index >= 15 is 0 Å². The van der Waals surface area contributed by atoms with Crippen LogP contribution in [0.3, 0.4) is 0 Å². The average Bonchev–Trinajstić information content (AvgIpc) is 2.64. The Bertz CT molecular complexity index is 710. The molecule has 5 nitrogen and oxygen atoms in total. The first kappa shape index (κ1) is 21.7. The first-order valence-corrected chi connectivity index (χ1v) is 9.67. The monoisotopic (exact) mass is 389 g/mol. The standard InChI is InChI=1S/C19H24ClN5S/c1-4-8-23-12-17(10-21)25-19(18(20)13-22-2)24-11-15-6-5-7-16(9-15)14-26-3/h4-7,9-10,12-13,21,23H,1-2,8,11,14H2,3H3,(H,24,25)/b17-12+,18-13+,21-10?. The molecule has 0 fully saturated rings. The van der Waals surface area contributed by atoms with Crippen LogP contribution in [-0.4, -0.2) is 31.6 Å². The van der Waals surface area contributed by atoms with Crippen molar-refractivity contribution in [1.82, 2.24) is 10.6 Å². The maximum atomic E-state index is 7.51. The fraction of sp³-hybridized carbons (Fsp3) is 0.211. The molecule has 0 spiro atoms. The second kappa shape index (κ2) is 13.0. The summed E-state index contributed by atoms with van der Waals surface area (Å²) in [5.41, 5.74) is 2.80. The summed E-state index contributed by atoms with van der Waals surface area (Å²) in [4.78, 5) is 8.08. The van der Waals surface area contributed by atoms with Crippen molar-refractivity contribution in [2.24, 2.45) is 9.98 Å². The van der Waals surface area contributed by atoms with Crippen molar-refractivity contribution in [3.63, 3.8) is 0 Å². The Morgan fingerprint density at radius 1 is 1.38 bits per heavy atom. The van der Waals surface area contributed by atoms with E-state index in [2.05, 4.69) is 52.3 Å². The minimum Gasteiger partial charge on any atom is -0.386 e. The number of amidine groups is 1. The Balaban J connectivity index is 2.98. The van der Waals surface area contributed by atoms with Gasteiger partial charge in [0.2, 0.25) is 0 Å². The highest BCUT2D eigenvalue weighted by atomic mass is 35.5. The van der Waals surface area contributed by atoms with Gasteiger partial charge in [-0.25, -0.2) is 4.99 Å². The Morgan fingerprint density at radius 3 is 2.81 bits per heavy atom. The third-order valence-corrected chi connectivity index (χ3v) is 3.99. The molecular formula is C19H24ClN5S. The van der Waals surface area contributed by atoms with Gasteiger partial charge in [0.05, 0.1) is 5.70 Å². The zero-order chi connectivity index (χ0) is 19.2. The molecule has 0 aliphatic rings. The van der Waals surface area contributed by atoms with E-state index in [1.807, 2.05) is 12.1 Å². The molecule has 0 unspecified atom stereocenters. The summed E-state index contributed by atoms with van der Waals surface area (Å²) >= 11 is 8.03. The molecule has 0 saturated carbocycles. The van der Waals surface area contributed by atoms with E-state index in [9.17, 15) is 0 Å². The number of thioether (sulfide) groups is 1. The minimum atomic E-state index is 0.316. The molecule has 0 heterocycles. The van der Waals surface area contributed by atoms with Crippen LogP contribution in [0.4, 0.5) is 0 Å². The highest BCUT2D eigenvalue weighted by Gasteiger charge is 2.06. The Morgan fingerprint density at radius 2 is 2.15 bits per heavy atom. The van der Waals surface area contributed by atoms with Crippen LogP contribution >= 0.6 is 23.4 Å². The molecule has 26 heavy (non-hydrogen) atoms. The van der Waals surface area contributed by atoms with Gasteiger partial charge in [0.1, 0.15) is 10.9 Å². The molecule has 1 aromatic rings. The smallest absolute Gasteiger partial charge is 0.147 e. The second-order valence-electron chi connectivity index (χ2n) is 5.14. The number of rotatable bonds is 11. The number of benzene rings is 1. The van der Waals surface area contributed by atoms with E-state index in [1.54, 1.807) is 24.0 Å². The predicted octanol–water partition coefficient (Wildman–Crippen LogP) is 4.09. The summed E-state index contributed by atoms with van der Waals surface area (Å²) in [7, 11) is 0. The molecule has 0 amide bonds. The highest BCUT2D eigenvalue weighted by molar-refractivity contribution is 7.97. The highest BCUT2D eigenvalue weighted by Crippen LogP contribution is 2.12. The fourth-order valence-electron chi connectivity index (χ4n) is 1.98. The van der Waals surface area contributed by atoms with Crippen molar-refractivity contribution in [3.8, 4) is 0 Å². The van der Waals surface area contributed by atoms with Gasteiger partial charge in [0.25, 0.3) is 0 Å². The molecule has 3 N–H and O–H groups in total.